The maximum absolute atomic E-state index is 11.0. The number of amides is 1. The Kier molecular flexibility index (Phi) is 5.61. The van der Waals surface area contributed by atoms with Crippen molar-refractivity contribution in [2.45, 2.75) is 13.3 Å². The minimum Gasteiger partial charge on any atom is -0.393 e. The van der Waals surface area contributed by atoms with Crippen LogP contribution in [-0.4, -0.2) is 26.5 Å². The van der Waals surface area contributed by atoms with Crippen molar-refractivity contribution >= 4 is 5.91 Å². The van der Waals surface area contributed by atoms with E-state index in [1.165, 1.54) is 14.2 Å². The summed E-state index contributed by atoms with van der Waals surface area (Å²) in [6.07, 6.45) is -0.654. The first-order valence-corrected chi connectivity index (χ1v) is 3.86. The summed E-state index contributed by atoms with van der Waals surface area (Å²) in [5.41, 5.74) is 7.75. The number of hydrogen-bond acceptors (Lipinski definition) is 6. The van der Waals surface area contributed by atoms with Gasteiger partial charge in [-0.2, -0.15) is 0 Å². The van der Waals surface area contributed by atoms with Crippen LogP contribution in [0.1, 0.15) is 6.92 Å². The van der Waals surface area contributed by atoms with E-state index in [1.807, 2.05) is 5.43 Å². The molecular weight excluding hydrogens is 188 g/mol. The molecule has 14 heavy (non-hydrogen) atoms. The normalized spacial score (nSPS) is 12.4. The molecule has 0 aromatic rings. The second-order valence-corrected chi connectivity index (χ2v) is 2.46. The van der Waals surface area contributed by atoms with Crippen LogP contribution in [0, 0.1) is 0 Å². The summed E-state index contributed by atoms with van der Waals surface area (Å²) in [5, 5.41) is 2.73. The van der Waals surface area contributed by atoms with Crippen molar-refractivity contribution in [1.82, 2.24) is 10.7 Å². The first-order chi connectivity index (χ1) is 6.56. The van der Waals surface area contributed by atoms with Crippen LogP contribution >= 0.6 is 0 Å². The third kappa shape index (κ3) is 3.60. The van der Waals surface area contributed by atoms with E-state index < -0.39 is 12.3 Å². The second kappa shape index (κ2) is 6.19. The number of carbonyl (C=O) groups is 1. The van der Waals surface area contributed by atoms with Gasteiger partial charge < -0.3 is 20.5 Å². The summed E-state index contributed by atoms with van der Waals surface area (Å²) in [6.45, 7) is 1.61. The molecule has 0 saturated heterocycles. The molecule has 0 aliphatic carbocycles. The summed E-state index contributed by atoms with van der Waals surface area (Å²) in [6, 6.07) is 0. The molecule has 0 bridgehead atoms. The van der Waals surface area contributed by atoms with E-state index in [4.69, 9.17) is 21.1 Å². The van der Waals surface area contributed by atoms with Crippen molar-refractivity contribution in [2.75, 3.05) is 14.2 Å². The molecule has 82 valence electrons. The standard InChI is InChI=1S/C7H16N4O3/c1-4(5(8)6(12)11-9)10-7(13-2)14-3/h7,10H,8-9H2,1-3H3,(H,11,12). The zero-order valence-corrected chi connectivity index (χ0v) is 8.46. The van der Waals surface area contributed by atoms with Gasteiger partial charge in [0.25, 0.3) is 5.91 Å². The fraction of sp³-hybridized carbons (Fsp3) is 0.571. The smallest absolute Gasteiger partial charge is 0.282 e. The van der Waals surface area contributed by atoms with Crippen LogP contribution in [-0.2, 0) is 14.3 Å². The van der Waals surface area contributed by atoms with Gasteiger partial charge in [0.05, 0.1) is 0 Å². The molecule has 0 aliphatic heterocycles. The number of nitrogens with one attached hydrogen (secondary N) is 2. The molecule has 0 aromatic carbocycles. The van der Waals surface area contributed by atoms with Crippen molar-refractivity contribution in [3.63, 3.8) is 0 Å². The van der Waals surface area contributed by atoms with Crippen LogP contribution in [0.15, 0.2) is 11.4 Å². The van der Waals surface area contributed by atoms with E-state index in [0.29, 0.717) is 5.70 Å². The topological polar surface area (TPSA) is 112 Å². The third-order valence-corrected chi connectivity index (χ3v) is 1.54. The number of hydrogen-bond donors (Lipinski definition) is 4. The summed E-state index contributed by atoms with van der Waals surface area (Å²) < 4.78 is 9.70. The van der Waals surface area contributed by atoms with Crippen molar-refractivity contribution in [1.29, 1.82) is 0 Å². The number of allylic oxidation sites excluding steroid dienone is 1. The van der Waals surface area contributed by atoms with Crippen molar-refractivity contribution in [3.8, 4) is 0 Å². The highest BCUT2D eigenvalue weighted by Crippen LogP contribution is 1.97. The Labute approximate surface area is 82.4 Å². The first-order valence-electron chi connectivity index (χ1n) is 3.86. The van der Waals surface area contributed by atoms with Crippen molar-refractivity contribution in [2.24, 2.45) is 11.6 Å². The summed E-state index contributed by atoms with van der Waals surface area (Å²) in [4.78, 5) is 11.0. The molecule has 0 atom stereocenters. The Morgan fingerprint density at radius 1 is 1.36 bits per heavy atom. The van der Waals surface area contributed by atoms with Gasteiger partial charge >= 0.3 is 0 Å². The number of nitrogens with two attached hydrogens (primary N) is 2. The molecular formula is C7H16N4O3. The average Bonchev–Trinajstić information content (AvgIpc) is 2.23. The summed E-state index contributed by atoms with van der Waals surface area (Å²) in [5.74, 6) is 4.33. The Morgan fingerprint density at radius 2 is 1.86 bits per heavy atom. The first kappa shape index (κ1) is 12.7. The molecule has 0 heterocycles. The fourth-order valence-electron chi connectivity index (χ4n) is 0.717. The molecule has 7 nitrogen and oxygen atoms in total. The van der Waals surface area contributed by atoms with E-state index in [0.717, 1.165) is 0 Å². The van der Waals surface area contributed by atoms with Gasteiger partial charge in [0.15, 0.2) is 0 Å². The molecule has 0 saturated carbocycles. The second-order valence-electron chi connectivity index (χ2n) is 2.46. The van der Waals surface area contributed by atoms with E-state index in [1.54, 1.807) is 6.92 Å². The van der Waals surface area contributed by atoms with Crippen LogP contribution in [0.4, 0.5) is 0 Å². The molecule has 0 aliphatic rings. The van der Waals surface area contributed by atoms with Gasteiger partial charge in [-0.1, -0.05) is 0 Å². The van der Waals surface area contributed by atoms with Crippen molar-refractivity contribution < 1.29 is 14.3 Å². The lowest BCUT2D eigenvalue weighted by molar-refractivity contribution is -0.119. The van der Waals surface area contributed by atoms with Crippen LogP contribution in [0.2, 0.25) is 0 Å². The van der Waals surface area contributed by atoms with Gasteiger partial charge in [0, 0.05) is 19.9 Å². The van der Waals surface area contributed by atoms with Gasteiger partial charge in [-0.05, 0) is 6.92 Å². The molecule has 1 amide bonds. The predicted molar refractivity (Wildman–Crippen MR) is 50.2 cm³/mol. The van der Waals surface area contributed by atoms with E-state index in [-0.39, 0.29) is 5.70 Å². The zero-order chi connectivity index (χ0) is 11.1. The van der Waals surface area contributed by atoms with Gasteiger partial charge in [-0.25, -0.2) is 5.84 Å². The number of hydrazine groups is 1. The molecule has 0 rings (SSSR count). The maximum Gasteiger partial charge on any atom is 0.282 e. The molecule has 6 N–H and O–H groups in total. The number of carbonyl (C=O) groups excluding carboxylic acids is 1. The van der Waals surface area contributed by atoms with E-state index >= 15 is 0 Å². The Balaban J connectivity index is 4.42. The highest BCUT2D eigenvalue weighted by atomic mass is 16.7. The summed E-state index contributed by atoms with van der Waals surface area (Å²) in [7, 11) is 2.90. The number of ether oxygens (including phenoxy) is 2. The largest absolute Gasteiger partial charge is 0.393 e. The van der Waals surface area contributed by atoms with Crippen LogP contribution in [0.5, 0.6) is 0 Å². The van der Waals surface area contributed by atoms with Gasteiger partial charge in [-0.3, -0.25) is 10.2 Å². The monoisotopic (exact) mass is 204 g/mol. The lowest BCUT2D eigenvalue weighted by atomic mass is 10.3. The molecule has 0 radical (unpaired) electrons. The highest BCUT2D eigenvalue weighted by molar-refractivity contribution is 5.92. The molecule has 0 fully saturated rings. The van der Waals surface area contributed by atoms with Gasteiger partial charge in [0.1, 0.15) is 5.70 Å². The zero-order valence-electron chi connectivity index (χ0n) is 8.46. The minimum absolute atomic E-state index is 0.0217. The maximum atomic E-state index is 11.0. The lowest BCUT2D eigenvalue weighted by Crippen LogP contribution is -2.38. The molecule has 0 spiro atoms. The number of methoxy groups -OCH3 is 2. The van der Waals surface area contributed by atoms with Gasteiger partial charge in [0.2, 0.25) is 6.41 Å². The SMILES string of the molecule is COC(NC(C)=C(N)C(=O)NN)OC. The van der Waals surface area contributed by atoms with Crippen LogP contribution in [0.25, 0.3) is 0 Å². The third-order valence-electron chi connectivity index (χ3n) is 1.54. The molecule has 7 heteroatoms. The Bertz CT molecular complexity index is 225. The Hall–Kier alpha value is -1.31. The fourth-order valence-corrected chi connectivity index (χ4v) is 0.717. The van der Waals surface area contributed by atoms with Crippen LogP contribution in [0.3, 0.4) is 0 Å². The average molecular weight is 204 g/mol. The molecule has 0 aromatic heterocycles. The quantitative estimate of drug-likeness (QED) is 0.140. The summed E-state index contributed by atoms with van der Waals surface area (Å²) >= 11 is 0. The lowest BCUT2D eigenvalue weighted by Gasteiger charge is -2.17. The van der Waals surface area contributed by atoms with Crippen LogP contribution < -0.4 is 22.3 Å². The minimum atomic E-state index is -0.654. The van der Waals surface area contributed by atoms with Crippen molar-refractivity contribution in [3.05, 3.63) is 11.4 Å². The number of rotatable bonds is 5. The highest BCUT2D eigenvalue weighted by Gasteiger charge is 2.10. The van der Waals surface area contributed by atoms with E-state index in [2.05, 4.69) is 5.32 Å². The Morgan fingerprint density at radius 3 is 2.21 bits per heavy atom. The predicted octanol–water partition coefficient (Wildman–Crippen LogP) is -1.67. The van der Waals surface area contributed by atoms with E-state index in [9.17, 15) is 4.79 Å². The molecule has 0 unspecified atom stereocenters. The van der Waals surface area contributed by atoms with Gasteiger partial charge in [-0.15, -0.1) is 0 Å².